The fourth-order valence-electron chi connectivity index (χ4n) is 3.15. The first kappa shape index (κ1) is 22.6. The van der Waals surface area contributed by atoms with Crippen molar-refractivity contribution in [3.8, 4) is 0 Å². The number of hydrogen-bond donors (Lipinski definition) is 3. The maximum atomic E-state index is 13.3. The van der Waals surface area contributed by atoms with E-state index in [0.717, 1.165) is 24.5 Å². The highest BCUT2D eigenvalue weighted by molar-refractivity contribution is 7.89. The van der Waals surface area contributed by atoms with Gasteiger partial charge in [-0.2, -0.15) is 0 Å². The molecule has 0 unspecified atom stereocenters. The van der Waals surface area contributed by atoms with Gasteiger partial charge in [0, 0.05) is 29.4 Å². The molecule has 0 bridgehead atoms. The summed E-state index contributed by atoms with van der Waals surface area (Å²) in [5.74, 6) is -1.30. The Morgan fingerprint density at radius 2 is 1.61 bits per heavy atom. The monoisotopic (exact) mass is 467 g/mol. The van der Waals surface area contributed by atoms with Gasteiger partial charge < -0.3 is 10.6 Å². The van der Waals surface area contributed by atoms with Gasteiger partial charge >= 0.3 is 0 Å². The molecule has 0 atom stereocenters. The third-order valence-corrected chi connectivity index (χ3v) is 6.59. The lowest BCUT2D eigenvalue weighted by atomic mass is 10.1. The molecule has 1 aliphatic carbocycles. The van der Waals surface area contributed by atoms with E-state index in [2.05, 4.69) is 15.4 Å². The second-order valence-electron chi connectivity index (χ2n) is 7.77. The minimum Gasteiger partial charge on any atom is -0.348 e. The quantitative estimate of drug-likeness (QED) is 0.472. The zero-order valence-electron chi connectivity index (χ0n) is 17.5. The highest BCUT2D eigenvalue weighted by atomic mass is 32.2. The Bertz CT molecular complexity index is 1290. The number of rotatable bonds is 8. The van der Waals surface area contributed by atoms with Crippen molar-refractivity contribution >= 4 is 27.5 Å². The second-order valence-corrected chi connectivity index (χ2v) is 9.48. The minimum absolute atomic E-state index is 0.00683. The van der Waals surface area contributed by atoms with E-state index in [-0.39, 0.29) is 29.0 Å². The van der Waals surface area contributed by atoms with Crippen molar-refractivity contribution in [3.63, 3.8) is 0 Å². The van der Waals surface area contributed by atoms with Gasteiger partial charge in [-0.05, 0) is 73.0 Å². The van der Waals surface area contributed by atoms with Crippen molar-refractivity contribution in [1.82, 2.24) is 10.0 Å². The Hall–Kier alpha value is -3.56. The molecule has 1 aliphatic rings. The SMILES string of the molecule is O=C(NCc1cccc(NC(=O)c2cccc(F)c2)c1)c1ccc(S(=O)(=O)NC2CC2)cc1. The number of carbonyl (C=O) groups excluding carboxylic acids is 2. The molecular weight excluding hydrogens is 445 g/mol. The van der Waals surface area contributed by atoms with Gasteiger partial charge in [0.25, 0.3) is 11.8 Å². The predicted octanol–water partition coefficient (Wildman–Crippen LogP) is 3.45. The Kier molecular flexibility index (Phi) is 6.52. The summed E-state index contributed by atoms with van der Waals surface area (Å²) in [4.78, 5) is 24.9. The van der Waals surface area contributed by atoms with Crippen LogP contribution < -0.4 is 15.4 Å². The summed E-state index contributed by atoms with van der Waals surface area (Å²) in [7, 11) is -3.57. The number of anilines is 1. The van der Waals surface area contributed by atoms with Gasteiger partial charge in [0.05, 0.1) is 4.90 Å². The Balaban J connectivity index is 1.35. The van der Waals surface area contributed by atoms with Crippen LogP contribution in [0.25, 0.3) is 0 Å². The molecule has 3 aromatic rings. The molecule has 3 aromatic carbocycles. The van der Waals surface area contributed by atoms with Crippen molar-refractivity contribution in [2.24, 2.45) is 0 Å². The molecule has 0 radical (unpaired) electrons. The van der Waals surface area contributed by atoms with Gasteiger partial charge in [-0.1, -0.05) is 18.2 Å². The van der Waals surface area contributed by atoms with Crippen molar-refractivity contribution in [3.05, 3.63) is 95.3 Å². The first-order valence-corrected chi connectivity index (χ1v) is 11.8. The Labute approximate surface area is 191 Å². The molecule has 3 N–H and O–H groups in total. The smallest absolute Gasteiger partial charge is 0.255 e. The van der Waals surface area contributed by atoms with Crippen LogP contribution in [0.1, 0.15) is 39.1 Å². The van der Waals surface area contributed by atoms with Gasteiger partial charge in [0.1, 0.15) is 5.82 Å². The highest BCUT2D eigenvalue weighted by Crippen LogP contribution is 2.22. The van der Waals surface area contributed by atoms with Gasteiger partial charge in [0.15, 0.2) is 0 Å². The minimum atomic E-state index is -3.57. The lowest BCUT2D eigenvalue weighted by Gasteiger charge is -2.10. The number of halogens is 1. The number of benzene rings is 3. The first-order chi connectivity index (χ1) is 15.8. The Morgan fingerprint density at radius 3 is 2.30 bits per heavy atom. The number of nitrogens with one attached hydrogen (secondary N) is 3. The van der Waals surface area contributed by atoms with Crippen molar-refractivity contribution in [1.29, 1.82) is 0 Å². The van der Waals surface area contributed by atoms with Crippen LogP contribution in [-0.4, -0.2) is 26.3 Å². The van der Waals surface area contributed by atoms with E-state index < -0.39 is 21.7 Å². The Morgan fingerprint density at radius 1 is 0.879 bits per heavy atom. The largest absolute Gasteiger partial charge is 0.348 e. The van der Waals surface area contributed by atoms with E-state index in [4.69, 9.17) is 0 Å². The molecule has 170 valence electrons. The summed E-state index contributed by atoms with van der Waals surface area (Å²) in [6, 6.07) is 18.1. The molecule has 9 heteroatoms. The van der Waals surface area contributed by atoms with Gasteiger partial charge in [-0.3, -0.25) is 9.59 Å². The van der Waals surface area contributed by atoms with Crippen LogP contribution in [0.15, 0.2) is 77.7 Å². The first-order valence-electron chi connectivity index (χ1n) is 10.4. The molecular formula is C24H22FN3O4S. The van der Waals surface area contributed by atoms with Crippen LogP contribution in [0.4, 0.5) is 10.1 Å². The molecule has 0 heterocycles. The third-order valence-electron chi connectivity index (χ3n) is 5.05. The molecule has 0 spiro atoms. The van der Waals surface area contributed by atoms with Crippen LogP contribution in [0.3, 0.4) is 0 Å². The number of hydrogen-bond acceptors (Lipinski definition) is 4. The van der Waals surface area contributed by atoms with E-state index in [1.807, 2.05) is 0 Å². The molecule has 1 saturated carbocycles. The average molecular weight is 468 g/mol. The van der Waals surface area contributed by atoms with Crippen LogP contribution in [0, 0.1) is 5.82 Å². The summed E-state index contributed by atoms with van der Waals surface area (Å²) >= 11 is 0. The van der Waals surface area contributed by atoms with E-state index in [9.17, 15) is 22.4 Å². The summed E-state index contributed by atoms with van der Waals surface area (Å²) in [5.41, 5.74) is 1.78. The van der Waals surface area contributed by atoms with Gasteiger partial charge in [-0.25, -0.2) is 17.5 Å². The molecule has 1 fully saturated rings. The molecule has 0 aromatic heterocycles. The second kappa shape index (κ2) is 9.51. The maximum Gasteiger partial charge on any atom is 0.255 e. The zero-order valence-corrected chi connectivity index (χ0v) is 18.4. The van der Waals surface area contributed by atoms with Crippen molar-refractivity contribution < 1.29 is 22.4 Å². The molecule has 0 saturated heterocycles. The van der Waals surface area contributed by atoms with E-state index in [0.29, 0.717) is 11.3 Å². The highest BCUT2D eigenvalue weighted by Gasteiger charge is 2.27. The lowest BCUT2D eigenvalue weighted by molar-refractivity contribution is 0.0949. The molecule has 7 nitrogen and oxygen atoms in total. The van der Waals surface area contributed by atoms with Crippen molar-refractivity contribution in [2.75, 3.05) is 5.32 Å². The van der Waals surface area contributed by atoms with E-state index in [1.165, 1.54) is 42.5 Å². The molecule has 33 heavy (non-hydrogen) atoms. The molecule has 0 aliphatic heterocycles. The normalized spacial score (nSPS) is 13.4. The summed E-state index contributed by atoms with van der Waals surface area (Å²) in [5, 5.41) is 5.47. The van der Waals surface area contributed by atoms with Crippen molar-refractivity contribution in [2.45, 2.75) is 30.3 Å². The molecule has 4 rings (SSSR count). The predicted molar refractivity (Wildman–Crippen MR) is 122 cm³/mol. The van der Waals surface area contributed by atoms with Gasteiger partial charge in [-0.15, -0.1) is 0 Å². The summed E-state index contributed by atoms with van der Waals surface area (Å²) in [6.07, 6.45) is 1.69. The third kappa shape index (κ3) is 6.03. The maximum absolute atomic E-state index is 13.3. The number of carbonyl (C=O) groups is 2. The van der Waals surface area contributed by atoms with Gasteiger partial charge in [0.2, 0.25) is 10.0 Å². The average Bonchev–Trinajstić information content (AvgIpc) is 3.61. The van der Waals surface area contributed by atoms with Crippen LogP contribution in [0.5, 0.6) is 0 Å². The fraction of sp³-hybridized carbons (Fsp3) is 0.167. The fourth-order valence-corrected chi connectivity index (χ4v) is 4.46. The van der Waals surface area contributed by atoms with Crippen LogP contribution >= 0.6 is 0 Å². The van der Waals surface area contributed by atoms with E-state index in [1.54, 1.807) is 24.3 Å². The van der Waals surface area contributed by atoms with E-state index >= 15 is 0 Å². The molecule has 2 amide bonds. The van der Waals surface area contributed by atoms with Crippen LogP contribution in [-0.2, 0) is 16.6 Å². The summed E-state index contributed by atoms with van der Waals surface area (Å²) < 4.78 is 40.4. The topological polar surface area (TPSA) is 104 Å². The lowest BCUT2D eigenvalue weighted by Crippen LogP contribution is -2.26. The number of amides is 2. The summed E-state index contributed by atoms with van der Waals surface area (Å²) in [6.45, 7) is 0.200. The standard InChI is InChI=1S/C24H22FN3O4S/c25-19-5-2-4-18(14-19)24(30)27-21-6-1-3-16(13-21)15-26-23(29)17-7-11-22(12-8-17)33(31,32)28-20-9-10-20/h1-8,11-14,20,28H,9-10,15H2,(H,26,29)(H,27,30). The zero-order chi connectivity index (χ0) is 23.4. The number of sulfonamides is 1. The van der Waals surface area contributed by atoms with Crippen LogP contribution in [0.2, 0.25) is 0 Å².